The van der Waals surface area contributed by atoms with Crippen LogP contribution in [0.3, 0.4) is 0 Å². The quantitative estimate of drug-likeness (QED) is 0.239. The minimum atomic E-state index is -0.384. The summed E-state index contributed by atoms with van der Waals surface area (Å²) < 4.78 is 7.30. The van der Waals surface area contributed by atoms with Gasteiger partial charge < -0.3 is 9.32 Å². The summed E-state index contributed by atoms with van der Waals surface area (Å²) in [5.41, 5.74) is 4.84. The van der Waals surface area contributed by atoms with Crippen LogP contribution in [0.15, 0.2) is 102 Å². The molecular formula is C31H27ClN4O3. The first-order chi connectivity index (χ1) is 18.9. The van der Waals surface area contributed by atoms with Crippen LogP contribution in [0, 0.1) is 13.8 Å². The van der Waals surface area contributed by atoms with E-state index in [1.54, 1.807) is 36.6 Å². The highest BCUT2D eigenvalue weighted by Gasteiger charge is 2.23. The van der Waals surface area contributed by atoms with E-state index < -0.39 is 0 Å². The maximum Gasteiger partial charge on any atom is 0.255 e. The van der Waals surface area contributed by atoms with Gasteiger partial charge in [-0.1, -0.05) is 59.6 Å². The molecule has 196 valence electrons. The summed E-state index contributed by atoms with van der Waals surface area (Å²) >= 11 is 6.07. The van der Waals surface area contributed by atoms with Gasteiger partial charge in [0.2, 0.25) is 11.9 Å². The van der Waals surface area contributed by atoms with Crippen molar-refractivity contribution in [3.05, 3.63) is 125 Å². The molecular weight excluding hydrogens is 512 g/mol. The molecule has 8 heteroatoms. The third kappa shape index (κ3) is 6.10. The Labute approximate surface area is 231 Å². The number of nitrogens with zero attached hydrogens (tertiary/aromatic N) is 3. The Balaban J connectivity index is 1.44. The molecule has 39 heavy (non-hydrogen) atoms. The number of aromatic nitrogens is 2. The molecule has 7 nitrogen and oxygen atoms in total. The number of rotatable bonds is 8. The van der Waals surface area contributed by atoms with E-state index in [1.807, 2.05) is 79.2 Å². The number of nitrogens with one attached hydrogen (secondary N) is 1. The third-order valence-electron chi connectivity index (χ3n) is 6.33. The molecule has 2 heterocycles. The van der Waals surface area contributed by atoms with Crippen molar-refractivity contribution in [2.24, 2.45) is 0 Å². The van der Waals surface area contributed by atoms with E-state index in [-0.39, 0.29) is 24.9 Å². The third-order valence-corrected chi connectivity index (χ3v) is 6.59. The standard InChI is InChI=1S/C31H27ClN4O3/c1-21-9-15-25(16-10-21)36-19-28(23-11-13-24(32)14-12-23)33-31(36)34-29(37)20-35(18-26-7-5-17-39-26)30(38)27-8-4-3-6-22(27)2/h3-17,19H,18,20H2,1-2H3,(H,33,34,37). The zero-order valence-electron chi connectivity index (χ0n) is 21.6. The van der Waals surface area contributed by atoms with Crippen molar-refractivity contribution in [3.8, 4) is 16.9 Å². The van der Waals surface area contributed by atoms with Crippen molar-refractivity contribution < 1.29 is 14.0 Å². The van der Waals surface area contributed by atoms with Gasteiger partial charge in [0.1, 0.15) is 12.3 Å². The van der Waals surface area contributed by atoms with Crippen LogP contribution >= 0.6 is 11.6 Å². The van der Waals surface area contributed by atoms with E-state index >= 15 is 0 Å². The molecule has 1 N–H and O–H groups in total. The second-order valence-corrected chi connectivity index (χ2v) is 9.70. The molecule has 2 amide bonds. The maximum atomic E-state index is 13.5. The number of aryl methyl sites for hydroxylation is 2. The van der Waals surface area contributed by atoms with Gasteiger partial charge in [0.05, 0.1) is 18.5 Å². The second kappa shape index (κ2) is 11.4. The lowest BCUT2D eigenvalue weighted by atomic mass is 10.1. The highest BCUT2D eigenvalue weighted by atomic mass is 35.5. The lowest BCUT2D eigenvalue weighted by molar-refractivity contribution is -0.117. The molecule has 0 atom stereocenters. The number of furan rings is 1. The Bertz CT molecular complexity index is 1590. The van der Waals surface area contributed by atoms with E-state index in [2.05, 4.69) is 5.32 Å². The molecule has 0 spiro atoms. The van der Waals surface area contributed by atoms with Crippen LogP contribution in [-0.4, -0.2) is 32.8 Å². The van der Waals surface area contributed by atoms with Gasteiger partial charge in [0.25, 0.3) is 5.91 Å². The predicted molar refractivity (Wildman–Crippen MR) is 152 cm³/mol. The van der Waals surface area contributed by atoms with E-state index in [1.165, 1.54) is 4.90 Å². The van der Waals surface area contributed by atoms with E-state index in [4.69, 9.17) is 21.0 Å². The largest absolute Gasteiger partial charge is 0.467 e. The van der Waals surface area contributed by atoms with E-state index in [0.717, 1.165) is 22.4 Å². The van der Waals surface area contributed by atoms with Gasteiger partial charge in [0, 0.05) is 28.0 Å². The zero-order valence-corrected chi connectivity index (χ0v) is 22.4. The monoisotopic (exact) mass is 538 g/mol. The fourth-order valence-electron chi connectivity index (χ4n) is 4.24. The van der Waals surface area contributed by atoms with Crippen LogP contribution in [0.4, 0.5) is 5.95 Å². The minimum Gasteiger partial charge on any atom is -0.467 e. The lowest BCUT2D eigenvalue weighted by Crippen LogP contribution is -2.38. The number of amides is 2. The molecule has 5 rings (SSSR count). The summed E-state index contributed by atoms with van der Waals surface area (Å²) in [7, 11) is 0. The Morgan fingerprint density at radius 1 is 0.949 bits per heavy atom. The van der Waals surface area contributed by atoms with Crippen molar-refractivity contribution in [2.75, 3.05) is 11.9 Å². The molecule has 0 bridgehead atoms. The van der Waals surface area contributed by atoms with Crippen LogP contribution < -0.4 is 5.32 Å². The summed E-state index contributed by atoms with van der Waals surface area (Å²) in [4.78, 5) is 33.1. The summed E-state index contributed by atoms with van der Waals surface area (Å²) in [5, 5.41) is 3.54. The van der Waals surface area contributed by atoms with Gasteiger partial charge in [-0.25, -0.2) is 4.98 Å². The van der Waals surface area contributed by atoms with E-state index in [9.17, 15) is 9.59 Å². The highest BCUT2D eigenvalue weighted by Crippen LogP contribution is 2.26. The van der Waals surface area contributed by atoms with Gasteiger partial charge >= 0.3 is 0 Å². The molecule has 0 saturated carbocycles. The fraction of sp³-hybridized carbons (Fsp3) is 0.129. The molecule has 0 radical (unpaired) electrons. The van der Waals surface area contributed by atoms with Gasteiger partial charge in [-0.2, -0.15) is 0 Å². The van der Waals surface area contributed by atoms with Crippen molar-refractivity contribution in [1.82, 2.24) is 14.5 Å². The van der Waals surface area contributed by atoms with Gasteiger partial charge in [0.15, 0.2) is 0 Å². The normalized spacial score (nSPS) is 10.8. The molecule has 0 aliphatic rings. The van der Waals surface area contributed by atoms with Crippen LogP contribution in [-0.2, 0) is 11.3 Å². The summed E-state index contributed by atoms with van der Waals surface area (Å²) in [6, 6.07) is 26.1. The summed E-state index contributed by atoms with van der Waals surface area (Å²) in [5.74, 6) is 0.277. The Kier molecular flexibility index (Phi) is 7.61. The summed E-state index contributed by atoms with van der Waals surface area (Å²) in [6.07, 6.45) is 3.41. The van der Waals surface area contributed by atoms with Crippen molar-refractivity contribution in [3.63, 3.8) is 0 Å². The molecule has 0 unspecified atom stereocenters. The predicted octanol–water partition coefficient (Wildman–Crippen LogP) is 6.68. The smallest absolute Gasteiger partial charge is 0.255 e. The topological polar surface area (TPSA) is 80.4 Å². The first kappa shape index (κ1) is 26.0. The first-order valence-corrected chi connectivity index (χ1v) is 12.8. The highest BCUT2D eigenvalue weighted by molar-refractivity contribution is 6.30. The Morgan fingerprint density at radius 3 is 2.38 bits per heavy atom. The average Bonchev–Trinajstić information content (AvgIpc) is 3.59. The van der Waals surface area contributed by atoms with Gasteiger partial charge in [-0.15, -0.1) is 0 Å². The van der Waals surface area contributed by atoms with Crippen LogP contribution in [0.2, 0.25) is 5.02 Å². The number of carbonyl (C=O) groups excluding carboxylic acids is 2. The zero-order chi connectivity index (χ0) is 27.4. The van der Waals surface area contributed by atoms with Crippen molar-refractivity contribution in [2.45, 2.75) is 20.4 Å². The van der Waals surface area contributed by atoms with Crippen LogP contribution in [0.1, 0.15) is 27.2 Å². The Hall–Kier alpha value is -4.62. The van der Waals surface area contributed by atoms with Gasteiger partial charge in [-0.05, 0) is 61.9 Å². The van der Waals surface area contributed by atoms with Crippen molar-refractivity contribution >= 4 is 29.4 Å². The van der Waals surface area contributed by atoms with E-state index in [0.29, 0.717) is 28.0 Å². The number of anilines is 1. The molecule has 5 aromatic rings. The maximum absolute atomic E-state index is 13.5. The molecule has 0 aliphatic carbocycles. The second-order valence-electron chi connectivity index (χ2n) is 9.27. The summed E-state index contributed by atoms with van der Waals surface area (Å²) in [6.45, 7) is 3.84. The number of carbonyl (C=O) groups is 2. The van der Waals surface area contributed by atoms with Gasteiger partial charge in [-0.3, -0.25) is 19.5 Å². The number of hydrogen-bond acceptors (Lipinski definition) is 4. The lowest BCUT2D eigenvalue weighted by Gasteiger charge is -2.22. The van der Waals surface area contributed by atoms with Crippen LogP contribution in [0.5, 0.6) is 0 Å². The average molecular weight is 539 g/mol. The Morgan fingerprint density at radius 2 is 1.69 bits per heavy atom. The molecule has 0 fully saturated rings. The van der Waals surface area contributed by atoms with Crippen molar-refractivity contribution in [1.29, 1.82) is 0 Å². The number of hydrogen-bond donors (Lipinski definition) is 1. The number of halogens is 1. The first-order valence-electron chi connectivity index (χ1n) is 12.5. The van der Waals surface area contributed by atoms with Crippen LogP contribution in [0.25, 0.3) is 16.9 Å². The molecule has 3 aromatic carbocycles. The number of imidazole rings is 1. The number of benzene rings is 3. The fourth-order valence-corrected chi connectivity index (χ4v) is 4.37. The molecule has 2 aromatic heterocycles. The minimum absolute atomic E-state index is 0.149. The molecule has 0 aliphatic heterocycles. The molecule has 0 saturated heterocycles. The SMILES string of the molecule is Cc1ccc(-n2cc(-c3ccc(Cl)cc3)nc2NC(=O)CN(Cc2ccco2)C(=O)c2ccccc2C)cc1.